The zero-order valence-electron chi connectivity index (χ0n) is 10.6. The molecule has 0 atom stereocenters. The highest BCUT2D eigenvalue weighted by Crippen LogP contribution is 2.31. The van der Waals surface area contributed by atoms with Crippen LogP contribution in [0.2, 0.25) is 0 Å². The molecule has 0 bridgehead atoms. The Hall–Kier alpha value is -1.49. The first-order chi connectivity index (χ1) is 8.72. The molecule has 1 aliphatic heterocycles. The lowest BCUT2D eigenvalue weighted by molar-refractivity contribution is 0.122. The third kappa shape index (κ3) is 2.85. The normalized spacial score (nSPS) is 15.8. The van der Waals surface area contributed by atoms with Gasteiger partial charge in [-0.15, -0.1) is 0 Å². The van der Waals surface area contributed by atoms with Crippen LogP contribution in [0.15, 0.2) is 12.1 Å². The molecule has 18 heavy (non-hydrogen) atoms. The summed E-state index contributed by atoms with van der Waals surface area (Å²) in [5.41, 5.74) is 7.14. The number of nitrogens with two attached hydrogens (primary N) is 1. The van der Waals surface area contributed by atoms with Crippen molar-refractivity contribution >= 4 is 11.4 Å². The molecule has 0 amide bonds. The van der Waals surface area contributed by atoms with Gasteiger partial charge >= 0.3 is 0 Å². The third-order valence-electron chi connectivity index (χ3n) is 2.89. The molecule has 0 unspecified atom stereocenters. The van der Waals surface area contributed by atoms with Crippen molar-refractivity contribution in [2.24, 2.45) is 0 Å². The number of halogens is 1. The van der Waals surface area contributed by atoms with Crippen LogP contribution in [0.3, 0.4) is 0 Å². The quantitative estimate of drug-likeness (QED) is 0.835. The number of hydrogen-bond donors (Lipinski definition) is 1. The summed E-state index contributed by atoms with van der Waals surface area (Å²) < 4.78 is 24.3. The SMILES string of the molecule is CCCOc1cc(N2CCOCC2)c(N)cc1F. The van der Waals surface area contributed by atoms with Gasteiger partial charge in [-0.1, -0.05) is 6.92 Å². The van der Waals surface area contributed by atoms with Crippen LogP contribution >= 0.6 is 0 Å². The Labute approximate surface area is 106 Å². The molecule has 4 nitrogen and oxygen atoms in total. The van der Waals surface area contributed by atoms with Gasteiger partial charge < -0.3 is 20.1 Å². The van der Waals surface area contributed by atoms with E-state index in [9.17, 15) is 4.39 Å². The fourth-order valence-electron chi connectivity index (χ4n) is 1.96. The topological polar surface area (TPSA) is 47.7 Å². The Morgan fingerprint density at radius 1 is 1.39 bits per heavy atom. The van der Waals surface area contributed by atoms with Crippen molar-refractivity contribution in [3.63, 3.8) is 0 Å². The van der Waals surface area contributed by atoms with Gasteiger partial charge in [0, 0.05) is 25.2 Å². The summed E-state index contributed by atoms with van der Waals surface area (Å²) in [4.78, 5) is 2.09. The highest BCUT2D eigenvalue weighted by molar-refractivity contribution is 5.70. The second-order valence-corrected chi connectivity index (χ2v) is 4.29. The number of anilines is 2. The van der Waals surface area contributed by atoms with Crippen LogP contribution in [-0.4, -0.2) is 32.9 Å². The monoisotopic (exact) mass is 254 g/mol. The lowest BCUT2D eigenvalue weighted by Gasteiger charge is -2.30. The molecule has 1 saturated heterocycles. The van der Waals surface area contributed by atoms with Crippen molar-refractivity contribution in [3.05, 3.63) is 17.9 Å². The predicted molar refractivity (Wildman–Crippen MR) is 69.6 cm³/mol. The van der Waals surface area contributed by atoms with Crippen molar-refractivity contribution in [1.29, 1.82) is 0 Å². The second kappa shape index (κ2) is 5.91. The minimum Gasteiger partial charge on any atom is -0.490 e. The largest absolute Gasteiger partial charge is 0.490 e. The Morgan fingerprint density at radius 3 is 2.78 bits per heavy atom. The lowest BCUT2D eigenvalue weighted by Crippen LogP contribution is -2.36. The molecule has 0 spiro atoms. The molecule has 1 fully saturated rings. The average Bonchev–Trinajstić information content (AvgIpc) is 2.39. The molecule has 0 aromatic heterocycles. The number of nitrogens with zero attached hydrogens (tertiary/aromatic N) is 1. The fourth-order valence-corrected chi connectivity index (χ4v) is 1.96. The number of ether oxygens (including phenoxy) is 2. The molecule has 0 aliphatic carbocycles. The van der Waals surface area contributed by atoms with E-state index >= 15 is 0 Å². The highest BCUT2D eigenvalue weighted by atomic mass is 19.1. The molecule has 0 radical (unpaired) electrons. The van der Waals surface area contributed by atoms with Gasteiger partial charge in [-0.05, 0) is 6.42 Å². The minimum atomic E-state index is -0.405. The van der Waals surface area contributed by atoms with E-state index in [1.807, 2.05) is 6.92 Å². The lowest BCUT2D eigenvalue weighted by atomic mass is 10.2. The van der Waals surface area contributed by atoms with E-state index < -0.39 is 5.82 Å². The smallest absolute Gasteiger partial charge is 0.167 e. The first-order valence-corrected chi connectivity index (χ1v) is 6.27. The van der Waals surface area contributed by atoms with Gasteiger partial charge in [0.25, 0.3) is 0 Å². The van der Waals surface area contributed by atoms with E-state index in [0.717, 1.165) is 25.2 Å². The van der Waals surface area contributed by atoms with Gasteiger partial charge in [0.05, 0.1) is 31.2 Å². The van der Waals surface area contributed by atoms with Gasteiger partial charge in [-0.25, -0.2) is 4.39 Å². The highest BCUT2D eigenvalue weighted by Gasteiger charge is 2.17. The maximum Gasteiger partial charge on any atom is 0.167 e. The summed E-state index contributed by atoms with van der Waals surface area (Å²) >= 11 is 0. The van der Waals surface area contributed by atoms with Gasteiger partial charge in [0.15, 0.2) is 11.6 Å². The molecular weight excluding hydrogens is 235 g/mol. The summed E-state index contributed by atoms with van der Waals surface area (Å²) in [5, 5.41) is 0. The van der Waals surface area contributed by atoms with E-state index in [1.165, 1.54) is 6.07 Å². The Balaban J connectivity index is 2.22. The Bertz CT molecular complexity index is 406. The van der Waals surface area contributed by atoms with Crippen LogP contribution < -0.4 is 15.4 Å². The van der Waals surface area contributed by atoms with Crippen LogP contribution in [0, 0.1) is 5.82 Å². The van der Waals surface area contributed by atoms with Crippen molar-refractivity contribution in [2.45, 2.75) is 13.3 Å². The van der Waals surface area contributed by atoms with Crippen molar-refractivity contribution in [2.75, 3.05) is 43.5 Å². The zero-order chi connectivity index (χ0) is 13.0. The third-order valence-corrected chi connectivity index (χ3v) is 2.89. The Morgan fingerprint density at radius 2 is 2.11 bits per heavy atom. The molecule has 0 saturated carbocycles. The summed E-state index contributed by atoms with van der Waals surface area (Å²) in [5.74, 6) is -0.134. The second-order valence-electron chi connectivity index (χ2n) is 4.29. The average molecular weight is 254 g/mol. The van der Waals surface area contributed by atoms with Crippen molar-refractivity contribution < 1.29 is 13.9 Å². The van der Waals surface area contributed by atoms with Gasteiger partial charge in [0.1, 0.15) is 0 Å². The first kappa shape index (κ1) is 13.0. The number of morpholine rings is 1. The van der Waals surface area contributed by atoms with Crippen LogP contribution in [-0.2, 0) is 4.74 Å². The molecule has 2 N–H and O–H groups in total. The zero-order valence-corrected chi connectivity index (χ0v) is 10.6. The van der Waals surface area contributed by atoms with Crippen molar-refractivity contribution in [3.8, 4) is 5.75 Å². The summed E-state index contributed by atoms with van der Waals surface area (Å²) in [6, 6.07) is 3.02. The summed E-state index contributed by atoms with van der Waals surface area (Å²) in [7, 11) is 0. The van der Waals surface area contributed by atoms with E-state index in [4.69, 9.17) is 15.2 Å². The van der Waals surface area contributed by atoms with E-state index in [2.05, 4.69) is 4.90 Å². The predicted octanol–water partition coefficient (Wildman–Crippen LogP) is 2.03. The molecule has 1 heterocycles. The van der Waals surface area contributed by atoms with Crippen LogP contribution in [0.5, 0.6) is 5.75 Å². The van der Waals surface area contributed by atoms with Crippen LogP contribution in [0.25, 0.3) is 0 Å². The number of nitrogen functional groups attached to an aromatic ring is 1. The molecule has 1 aromatic rings. The van der Waals surface area contributed by atoms with E-state index in [-0.39, 0.29) is 5.75 Å². The molecule has 5 heteroatoms. The molecule has 2 rings (SSSR count). The standard InChI is InChI=1S/C13H19FN2O2/c1-2-5-18-13-9-12(11(15)8-10(13)14)16-3-6-17-7-4-16/h8-9H,2-7,15H2,1H3. The molecule has 1 aliphatic rings. The number of rotatable bonds is 4. The van der Waals surface area contributed by atoms with E-state index in [0.29, 0.717) is 25.5 Å². The van der Waals surface area contributed by atoms with Gasteiger partial charge in [-0.2, -0.15) is 0 Å². The van der Waals surface area contributed by atoms with E-state index in [1.54, 1.807) is 6.07 Å². The number of benzene rings is 1. The molecular formula is C13H19FN2O2. The van der Waals surface area contributed by atoms with Crippen LogP contribution in [0.1, 0.15) is 13.3 Å². The summed E-state index contributed by atoms with van der Waals surface area (Å²) in [6.07, 6.45) is 0.844. The molecule has 1 aromatic carbocycles. The molecule has 100 valence electrons. The van der Waals surface area contributed by atoms with Crippen molar-refractivity contribution in [1.82, 2.24) is 0 Å². The minimum absolute atomic E-state index is 0.271. The maximum absolute atomic E-state index is 13.7. The van der Waals surface area contributed by atoms with Gasteiger partial charge in [0.2, 0.25) is 0 Å². The summed E-state index contributed by atoms with van der Waals surface area (Å²) in [6.45, 7) is 5.36. The van der Waals surface area contributed by atoms with Gasteiger partial charge in [-0.3, -0.25) is 0 Å². The maximum atomic E-state index is 13.7. The van der Waals surface area contributed by atoms with Crippen LogP contribution in [0.4, 0.5) is 15.8 Å². The fraction of sp³-hybridized carbons (Fsp3) is 0.538. The Kier molecular flexibility index (Phi) is 4.25. The first-order valence-electron chi connectivity index (χ1n) is 6.27. The number of hydrogen-bond acceptors (Lipinski definition) is 4.